The molecular weight excluding hydrogens is 965 g/mol. The monoisotopic (exact) mass is 1020 g/mol. The molecule has 0 spiro atoms. The van der Waals surface area contributed by atoms with Gasteiger partial charge in [0.05, 0.1) is 27.6 Å². The molecule has 2 unspecified atom stereocenters. The van der Waals surface area contributed by atoms with E-state index in [9.17, 15) is 0 Å². The van der Waals surface area contributed by atoms with Crippen LogP contribution in [-0.2, 0) is 5.41 Å². The Morgan fingerprint density at radius 3 is 1.65 bits per heavy atom. The summed E-state index contributed by atoms with van der Waals surface area (Å²) in [7, 11) is -3.06. The number of fused-ring (bicyclic) bond motifs is 10. The maximum atomic E-state index is 5.77. The van der Waals surface area contributed by atoms with Crippen LogP contribution in [0.5, 0.6) is 0 Å². The highest BCUT2D eigenvalue weighted by molar-refractivity contribution is 7.20. The Morgan fingerprint density at radius 1 is 0.397 bits per heavy atom. The van der Waals surface area contributed by atoms with Crippen LogP contribution >= 0.6 is 0 Å². The van der Waals surface area contributed by atoms with Crippen LogP contribution in [0.1, 0.15) is 45.1 Å². The summed E-state index contributed by atoms with van der Waals surface area (Å²) >= 11 is 0. The molecule has 13 aromatic rings. The number of rotatable bonds is 9. The van der Waals surface area contributed by atoms with Gasteiger partial charge < -0.3 is 9.47 Å². The molecule has 0 amide bonds. The molecule has 0 radical (unpaired) electrons. The van der Waals surface area contributed by atoms with Gasteiger partial charge in [-0.3, -0.25) is 4.57 Å². The van der Waals surface area contributed by atoms with Crippen molar-refractivity contribution in [2.45, 2.75) is 50.5 Å². The van der Waals surface area contributed by atoms with Crippen LogP contribution in [0.4, 0.5) is 11.6 Å². The van der Waals surface area contributed by atoms with Gasteiger partial charge in [0.25, 0.3) is 0 Å². The SMILES string of the molecule is CC12CCCCC1(C)N(c1nc(-c3cccc([Si](c4ccccc4)(c4ccccc4)c4cccc(-c5ccccc5)c4)c3)nc(-n3c4ccccc4c4c3ccc3c5ccccc5n(-c5ccccc5)c34)n1)c1ccccc12. The molecule has 7 heteroatoms. The fourth-order valence-electron chi connectivity index (χ4n) is 14.1. The minimum Gasteiger partial charge on any atom is -0.309 e. The molecule has 2 atom stereocenters. The normalized spacial score (nSPS) is 17.2. The van der Waals surface area contributed by atoms with E-state index in [1.807, 2.05) is 0 Å². The van der Waals surface area contributed by atoms with Crippen LogP contribution in [0.3, 0.4) is 0 Å². The molecular formula is C71H56N6Si. The molecule has 1 saturated carbocycles. The number of hydrogen-bond acceptors (Lipinski definition) is 4. The van der Waals surface area contributed by atoms with Gasteiger partial charge in [0.15, 0.2) is 13.9 Å². The predicted octanol–water partition coefficient (Wildman–Crippen LogP) is 14.5. The average Bonchev–Trinajstić information content (AvgIpc) is 4.32. The molecule has 6 nitrogen and oxygen atoms in total. The Balaban J connectivity index is 1.02. The lowest BCUT2D eigenvalue weighted by molar-refractivity contribution is 0.193. The molecule has 15 rings (SSSR count). The van der Waals surface area contributed by atoms with Crippen LogP contribution in [-0.4, -0.2) is 37.7 Å². The predicted molar refractivity (Wildman–Crippen MR) is 326 cm³/mol. The Morgan fingerprint density at radius 2 is 0.936 bits per heavy atom. The van der Waals surface area contributed by atoms with E-state index < -0.39 is 8.07 Å². The summed E-state index contributed by atoms with van der Waals surface area (Å²) in [4.78, 5) is 19.8. The minimum atomic E-state index is -3.06. The second kappa shape index (κ2) is 18.0. The summed E-state index contributed by atoms with van der Waals surface area (Å²) in [5.41, 5.74) is 11.0. The lowest BCUT2D eigenvalue weighted by Crippen LogP contribution is -2.74. The number of aromatic nitrogens is 5. The Kier molecular flexibility index (Phi) is 10.6. The second-order valence-corrected chi connectivity index (χ2v) is 25.6. The van der Waals surface area contributed by atoms with E-state index in [1.165, 1.54) is 65.8 Å². The van der Waals surface area contributed by atoms with Crippen LogP contribution < -0.4 is 25.6 Å². The maximum absolute atomic E-state index is 5.77. The fraction of sp³-hybridized carbons (Fsp3) is 0.113. The summed E-state index contributed by atoms with van der Waals surface area (Å²) in [5, 5.41) is 9.88. The van der Waals surface area contributed by atoms with Gasteiger partial charge in [0.1, 0.15) is 0 Å². The van der Waals surface area contributed by atoms with Gasteiger partial charge in [-0.15, -0.1) is 0 Å². The first kappa shape index (κ1) is 46.2. The molecule has 374 valence electrons. The van der Waals surface area contributed by atoms with E-state index in [0.29, 0.717) is 17.7 Å². The first-order chi connectivity index (χ1) is 38.4. The third-order valence-corrected chi connectivity index (χ3v) is 22.6. The van der Waals surface area contributed by atoms with Crippen molar-refractivity contribution in [2.75, 3.05) is 4.90 Å². The van der Waals surface area contributed by atoms with Gasteiger partial charge >= 0.3 is 0 Å². The number of anilines is 2. The van der Waals surface area contributed by atoms with Gasteiger partial charge in [0, 0.05) is 43.9 Å². The molecule has 0 saturated heterocycles. The largest absolute Gasteiger partial charge is 0.309 e. The molecule has 1 aliphatic carbocycles. The minimum absolute atomic E-state index is 0.108. The third kappa shape index (κ3) is 6.77. The summed E-state index contributed by atoms with van der Waals surface area (Å²) in [6.45, 7) is 4.93. The van der Waals surface area contributed by atoms with E-state index >= 15 is 0 Å². The van der Waals surface area contributed by atoms with Crippen molar-refractivity contribution in [1.29, 1.82) is 0 Å². The molecule has 3 aromatic heterocycles. The molecule has 1 aliphatic heterocycles. The van der Waals surface area contributed by atoms with E-state index in [0.717, 1.165) is 57.8 Å². The van der Waals surface area contributed by atoms with E-state index in [1.54, 1.807) is 0 Å². The highest BCUT2D eigenvalue weighted by Gasteiger charge is 2.58. The first-order valence-electron chi connectivity index (χ1n) is 27.5. The lowest BCUT2D eigenvalue weighted by atomic mass is 9.61. The van der Waals surface area contributed by atoms with Crippen LogP contribution in [0.25, 0.3) is 77.8 Å². The molecule has 0 bridgehead atoms. The summed E-state index contributed by atoms with van der Waals surface area (Å²) < 4.78 is 4.75. The van der Waals surface area contributed by atoms with Crippen LogP contribution in [0.2, 0.25) is 0 Å². The summed E-state index contributed by atoms with van der Waals surface area (Å²) in [5.74, 6) is 1.88. The Hall–Kier alpha value is -9.17. The molecule has 0 N–H and O–H groups in total. The zero-order valence-electron chi connectivity index (χ0n) is 43.8. The number of benzene rings is 10. The van der Waals surface area contributed by atoms with Crippen molar-refractivity contribution in [2.24, 2.45) is 0 Å². The van der Waals surface area contributed by atoms with Gasteiger partial charge in [-0.2, -0.15) is 15.0 Å². The van der Waals surface area contributed by atoms with Gasteiger partial charge in [-0.25, -0.2) is 0 Å². The summed E-state index contributed by atoms with van der Waals surface area (Å²) in [6, 6.07) is 93.6. The van der Waals surface area contributed by atoms with E-state index in [2.05, 4.69) is 283 Å². The number of nitrogens with zero attached hydrogens (tertiary/aromatic N) is 6. The zero-order chi connectivity index (χ0) is 52.0. The summed E-state index contributed by atoms with van der Waals surface area (Å²) in [6.07, 6.45) is 4.44. The second-order valence-electron chi connectivity index (χ2n) is 21.8. The van der Waals surface area contributed by atoms with Gasteiger partial charge in [-0.1, -0.05) is 238 Å². The standard InChI is InChI=1S/C71H56N6Si/c1-70-45-21-22-46-71(70,2)77(63-42-20-17-39-60(63)70)69-73-67(51-28-24-36-56(48-51)78(53-31-11-5-12-32-53,54-33-13-6-14-34-54)55-35-23-27-50(47-55)49-25-7-3-8-26-49)72-68(74-69)76-62-41-19-16-38-59(62)65-64(76)44-43-58-57-37-15-18-40-61(57)75(66(58)65)52-29-9-4-10-30-52/h3-20,23-44,47-48H,21-22,45-46H2,1-2H3. The van der Waals surface area contributed by atoms with E-state index in [-0.39, 0.29) is 11.0 Å². The number of para-hydroxylation sites is 4. The smallest absolute Gasteiger partial charge is 0.240 e. The van der Waals surface area contributed by atoms with Crippen LogP contribution in [0.15, 0.2) is 255 Å². The number of hydrogen-bond donors (Lipinski definition) is 0. The highest BCUT2D eigenvalue weighted by atomic mass is 28.3. The molecule has 10 aromatic carbocycles. The molecule has 4 heterocycles. The van der Waals surface area contributed by atoms with Crippen molar-refractivity contribution < 1.29 is 0 Å². The average molecular weight is 1020 g/mol. The third-order valence-electron chi connectivity index (χ3n) is 17.9. The van der Waals surface area contributed by atoms with Crippen molar-refractivity contribution in [1.82, 2.24) is 24.1 Å². The molecule has 2 aliphatic rings. The highest BCUT2D eigenvalue weighted by Crippen LogP contribution is 2.60. The van der Waals surface area contributed by atoms with Gasteiger partial charge in [0.2, 0.25) is 11.9 Å². The topological polar surface area (TPSA) is 51.8 Å². The fourth-order valence-corrected chi connectivity index (χ4v) is 18.9. The Labute approximate surface area is 455 Å². The van der Waals surface area contributed by atoms with Gasteiger partial charge in [-0.05, 0) is 93.6 Å². The molecule has 1 fully saturated rings. The van der Waals surface area contributed by atoms with E-state index in [4.69, 9.17) is 15.0 Å². The quantitative estimate of drug-likeness (QED) is 0.107. The van der Waals surface area contributed by atoms with Crippen molar-refractivity contribution in [3.63, 3.8) is 0 Å². The Bertz CT molecular complexity index is 4400. The van der Waals surface area contributed by atoms with Crippen molar-refractivity contribution >= 4 is 84.1 Å². The van der Waals surface area contributed by atoms with Crippen molar-refractivity contribution in [3.8, 4) is 34.2 Å². The first-order valence-corrected chi connectivity index (χ1v) is 29.5. The van der Waals surface area contributed by atoms with Crippen LogP contribution in [0, 0.1) is 0 Å². The zero-order valence-corrected chi connectivity index (χ0v) is 44.8. The maximum Gasteiger partial charge on any atom is 0.240 e. The molecule has 78 heavy (non-hydrogen) atoms. The van der Waals surface area contributed by atoms with Crippen molar-refractivity contribution in [3.05, 3.63) is 260 Å². The lowest BCUT2D eigenvalue weighted by Gasteiger charge is -2.49.